The van der Waals surface area contributed by atoms with Crippen molar-refractivity contribution in [2.75, 3.05) is 44.2 Å². The van der Waals surface area contributed by atoms with E-state index < -0.39 is 6.10 Å². The Morgan fingerprint density at radius 2 is 1.44 bits per heavy atom. The van der Waals surface area contributed by atoms with Crippen LogP contribution in [0.5, 0.6) is 5.75 Å². The molecule has 0 spiro atoms. The topological polar surface area (TPSA) is 35.9 Å². The van der Waals surface area contributed by atoms with E-state index in [1.165, 1.54) is 16.8 Å². The standard InChI is InChI=1S/C21H28N2O2/c1-17-3-7-19(8-4-17)23-13-11-22(12-14-23)15-20(24)16-25-21-9-5-18(2)6-10-21/h3-10,20,24H,11-16H2,1-2H3/t20-/m1/s1. The van der Waals surface area contributed by atoms with Crippen LogP contribution in [0.3, 0.4) is 0 Å². The minimum atomic E-state index is -0.466. The molecule has 0 amide bonds. The lowest BCUT2D eigenvalue weighted by Gasteiger charge is -2.36. The summed E-state index contributed by atoms with van der Waals surface area (Å²) in [4.78, 5) is 4.72. The van der Waals surface area contributed by atoms with Gasteiger partial charge in [0.05, 0.1) is 0 Å². The number of ether oxygens (including phenoxy) is 1. The molecule has 25 heavy (non-hydrogen) atoms. The lowest BCUT2D eigenvalue weighted by Crippen LogP contribution is -2.49. The van der Waals surface area contributed by atoms with Crippen LogP contribution >= 0.6 is 0 Å². The molecule has 0 radical (unpaired) electrons. The molecule has 2 aromatic carbocycles. The summed E-state index contributed by atoms with van der Waals surface area (Å²) in [5, 5.41) is 10.3. The van der Waals surface area contributed by atoms with Gasteiger partial charge in [0.1, 0.15) is 18.5 Å². The third kappa shape index (κ3) is 5.21. The molecule has 4 nitrogen and oxygen atoms in total. The van der Waals surface area contributed by atoms with E-state index in [-0.39, 0.29) is 0 Å². The quantitative estimate of drug-likeness (QED) is 0.877. The first-order valence-electron chi connectivity index (χ1n) is 9.01. The van der Waals surface area contributed by atoms with Gasteiger partial charge in [-0.25, -0.2) is 0 Å². The highest BCUT2D eigenvalue weighted by Crippen LogP contribution is 2.17. The van der Waals surface area contributed by atoms with Gasteiger partial charge >= 0.3 is 0 Å². The first kappa shape index (κ1) is 17.8. The number of benzene rings is 2. The molecule has 1 atom stereocenters. The number of anilines is 1. The van der Waals surface area contributed by atoms with Crippen LogP contribution in [-0.4, -0.2) is 55.4 Å². The summed E-state index contributed by atoms with van der Waals surface area (Å²) in [5.41, 5.74) is 3.78. The smallest absolute Gasteiger partial charge is 0.119 e. The zero-order chi connectivity index (χ0) is 17.6. The molecule has 1 heterocycles. The molecule has 0 unspecified atom stereocenters. The maximum absolute atomic E-state index is 10.3. The lowest BCUT2D eigenvalue weighted by molar-refractivity contribution is 0.0663. The first-order valence-corrected chi connectivity index (χ1v) is 9.01. The third-order valence-electron chi connectivity index (χ3n) is 4.70. The molecule has 0 bridgehead atoms. The molecule has 134 valence electrons. The van der Waals surface area contributed by atoms with Gasteiger partial charge in [0.15, 0.2) is 0 Å². The molecule has 4 heteroatoms. The minimum absolute atomic E-state index is 0.335. The highest BCUT2D eigenvalue weighted by atomic mass is 16.5. The van der Waals surface area contributed by atoms with Crippen molar-refractivity contribution in [3.05, 3.63) is 59.7 Å². The predicted molar refractivity (Wildman–Crippen MR) is 103 cm³/mol. The monoisotopic (exact) mass is 340 g/mol. The molecule has 1 saturated heterocycles. The Kier molecular flexibility index (Phi) is 5.95. The molecule has 0 aromatic heterocycles. The van der Waals surface area contributed by atoms with Crippen LogP contribution in [0.4, 0.5) is 5.69 Å². The van der Waals surface area contributed by atoms with E-state index in [2.05, 4.69) is 47.9 Å². The second-order valence-corrected chi connectivity index (χ2v) is 6.90. The zero-order valence-electron chi connectivity index (χ0n) is 15.2. The number of piperazine rings is 1. The maximum Gasteiger partial charge on any atom is 0.119 e. The molecular formula is C21H28N2O2. The molecular weight excluding hydrogens is 312 g/mol. The van der Waals surface area contributed by atoms with E-state index >= 15 is 0 Å². The van der Waals surface area contributed by atoms with Crippen LogP contribution in [0.1, 0.15) is 11.1 Å². The van der Waals surface area contributed by atoms with Crippen molar-refractivity contribution in [2.45, 2.75) is 20.0 Å². The summed E-state index contributed by atoms with van der Waals surface area (Å²) in [6.07, 6.45) is -0.466. The average Bonchev–Trinajstić information content (AvgIpc) is 2.63. The maximum atomic E-state index is 10.3. The molecule has 1 aliphatic rings. The van der Waals surface area contributed by atoms with Crippen LogP contribution in [0, 0.1) is 13.8 Å². The van der Waals surface area contributed by atoms with Crippen LogP contribution < -0.4 is 9.64 Å². The van der Waals surface area contributed by atoms with E-state index in [1.54, 1.807) is 0 Å². The fraction of sp³-hybridized carbons (Fsp3) is 0.429. The number of nitrogens with zero attached hydrogens (tertiary/aromatic N) is 2. The fourth-order valence-corrected chi connectivity index (χ4v) is 3.12. The van der Waals surface area contributed by atoms with Gasteiger partial charge in [0.25, 0.3) is 0 Å². The summed E-state index contributed by atoms with van der Waals surface area (Å²) < 4.78 is 5.68. The minimum Gasteiger partial charge on any atom is -0.491 e. The number of rotatable bonds is 6. The van der Waals surface area contributed by atoms with E-state index in [4.69, 9.17) is 4.74 Å². The van der Waals surface area contributed by atoms with Crippen molar-refractivity contribution >= 4 is 5.69 Å². The van der Waals surface area contributed by atoms with Crippen molar-refractivity contribution in [2.24, 2.45) is 0 Å². The summed E-state index contributed by atoms with van der Waals surface area (Å²) in [6.45, 7) is 9.08. The molecule has 1 aliphatic heterocycles. The van der Waals surface area contributed by atoms with Gasteiger partial charge in [-0.2, -0.15) is 0 Å². The number of hydrogen-bond donors (Lipinski definition) is 1. The SMILES string of the molecule is Cc1ccc(OC[C@H](O)CN2CCN(c3ccc(C)cc3)CC2)cc1. The number of aryl methyl sites for hydroxylation is 2. The van der Waals surface area contributed by atoms with Gasteiger partial charge in [0, 0.05) is 38.4 Å². The second kappa shape index (κ2) is 8.37. The average molecular weight is 340 g/mol. The molecule has 0 aliphatic carbocycles. The van der Waals surface area contributed by atoms with E-state index in [0.29, 0.717) is 13.2 Å². The van der Waals surface area contributed by atoms with Crippen LogP contribution in [-0.2, 0) is 0 Å². The van der Waals surface area contributed by atoms with Gasteiger partial charge in [0.2, 0.25) is 0 Å². The van der Waals surface area contributed by atoms with Crippen LogP contribution in [0.2, 0.25) is 0 Å². The number of β-amino-alcohol motifs (C(OH)–C–C–N with tert-alkyl or cyclic N) is 1. The summed E-state index contributed by atoms with van der Waals surface area (Å²) >= 11 is 0. The van der Waals surface area contributed by atoms with E-state index in [1.807, 2.05) is 24.3 Å². The molecule has 1 N–H and O–H groups in total. The van der Waals surface area contributed by atoms with Gasteiger partial charge in [-0.1, -0.05) is 35.4 Å². The third-order valence-corrected chi connectivity index (χ3v) is 4.70. The van der Waals surface area contributed by atoms with Gasteiger partial charge in [-0.15, -0.1) is 0 Å². The van der Waals surface area contributed by atoms with Crippen molar-refractivity contribution in [1.82, 2.24) is 4.90 Å². The Morgan fingerprint density at radius 1 is 0.880 bits per heavy atom. The zero-order valence-corrected chi connectivity index (χ0v) is 15.2. The van der Waals surface area contributed by atoms with Gasteiger partial charge in [-0.05, 0) is 38.1 Å². The Balaban J connectivity index is 1.40. The van der Waals surface area contributed by atoms with Crippen molar-refractivity contribution in [1.29, 1.82) is 0 Å². The highest BCUT2D eigenvalue weighted by molar-refractivity contribution is 5.47. The van der Waals surface area contributed by atoms with Gasteiger partial charge < -0.3 is 14.7 Å². The summed E-state index contributed by atoms with van der Waals surface area (Å²) in [7, 11) is 0. The summed E-state index contributed by atoms with van der Waals surface area (Å²) in [5.74, 6) is 0.814. The Morgan fingerprint density at radius 3 is 2.04 bits per heavy atom. The lowest BCUT2D eigenvalue weighted by atomic mass is 10.2. The second-order valence-electron chi connectivity index (χ2n) is 6.90. The number of aliphatic hydroxyl groups excluding tert-OH is 1. The Bertz CT molecular complexity index is 647. The largest absolute Gasteiger partial charge is 0.491 e. The molecule has 2 aromatic rings. The number of aliphatic hydroxyl groups is 1. The summed E-state index contributed by atoms with van der Waals surface area (Å²) in [6, 6.07) is 16.6. The van der Waals surface area contributed by atoms with E-state index in [9.17, 15) is 5.11 Å². The first-order chi connectivity index (χ1) is 12.1. The number of hydrogen-bond acceptors (Lipinski definition) is 4. The van der Waals surface area contributed by atoms with Crippen molar-refractivity contribution < 1.29 is 9.84 Å². The molecule has 3 rings (SSSR count). The Labute approximate surface area is 150 Å². The fourth-order valence-electron chi connectivity index (χ4n) is 3.12. The predicted octanol–water partition coefficient (Wildman–Crippen LogP) is 2.87. The van der Waals surface area contributed by atoms with Crippen molar-refractivity contribution in [3.8, 4) is 5.75 Å². The van der Waals surface area contributed by atoms with Crippen molar-refractivity contribution in [3.63, 3.8) is 0 Å². The highest BCUT2D eigenvalue weighted by Gasteiger charge is 2.19. The Hall–Kier alpha value is -2.04. The normalized spacial score (nSPS) is 16.7. The van der Waals surface area contributed by atoms with E-state index in [0.717, 1.165) is 31.9 Å². The van der Waals surface area contributed by atoms with Crippen LogP contribution in [0.15, 0.2) is 48.5 Å². The van der Waals surface area contributed by atoms with Gasteiger partial charge in [-0.3, -0.25) is 4.90 Å². The molecule has 0 saturated carbocycles. The molecule has 1 fully saturated rings. The van der Waals surface area contributed by atoms with Crippen LogP contribution in [0.25, 0.3) is 0 Å².